The number of rotatable bonds is 3. The number of aryl methyl sites for hydroxylation is 1. The molecule has 0 aliphatic carbocycles. The van der Waals surface area contributed by atoms with Crippen molar-refractivity contribution in [3.8, 4) is 10.4 Å². The third-order valence-electron chi connectivity index (χ3n) is 3.23. The normalized spacial score (nSPS) is 10.4. The van der Waals surface area contributed by atoms with E-state index in [9.17, 15) is 4.79 Å². The third-order valence-corrected chi connectivity index (χ3v) is 4.15. The van der Waals surface area contributed by atoms with Crippen LogP contribution in [-0.2, 0) is 0 Å². The number of amides is 1. The summed E-state index contributed by atoms with van der Waals surface area (Å²) in [7, 11) is 0. The van der Waals surface area contributed by atoms with Crippen molar-refractivity contribution in [1.29, 1.82) is 0 Å². The zero-order valence-corrected chi connectivity index (χ0v) is 12.9. The minimum Gasteiger partial charge on any atom is -0.383 e. The molecule has 0 aliphatic rings. The second kappa shape index (κ2) is 5.99. The first kappa shape index (κ1) is 14.3. The zero-order valence-electron chi connectivity index (χ0n) is 12.0. The van der Waals surface area contributed by atoms with Crippen LogP contribution in [0.5, 0.6) is 0 Å². The number of hydrogen-bond donors (Lipinski definition) is 2. The number of nitrogens with two attached hydrogens (primary N) is 1. The van der Waals surface area contributed by atoms with Crippen LogP contribution in [0, 0.1) is 6.92 Å². The van der Waals surface area contributed by atoms with E-state index in [2.05, 4.69) is 10.3 Å². The molecular formula is C17H15N3OS. The molecular weight excluding hydrogens is 294 g/mol. The minimum absolute atomic E-state index is 0.243. The van der Waals surface area contributed by atoms with Crippen LogP contribution in [0.2, 0.25) is 0 Å². The fraction of sp³-hybridized carbons (Fsp3) is 0.0588. The first-order valence-electron chi connectivity index (χ1n) is 6.82. The maximum atomic E-state index is 12.3. The number of carbonyl (C=O) groups is 1. The van der Waals surface area contributed by atoms with Crippen molar-refractivity contribution in [1.82, 2.24) is 4.98 Å². The Balaban J connectivity index is 1.84. The summed E-state index contributed by atoms with van der Waals surface area (Å²) in [5.41, 5.74) is 8.78. The lowest BCUT2D eigenvalue weighted by atomic mass is 10.1. The van der Waals surface area contributed by atoms with Crippen LogP contribution < -0.4 is 11.1 Å². The van der Waals surface area contributed by atoms with Gasteiger partial charge in [0.05, 0.1) is 5.56 Å². The highest BCUT2D eigenvalue weighted by Crippen LogP contribution is 2.27. The smallest absolute Gasteiger partial charge is 0.259 e. The van der Waals surface area contributed by atoms with Crippen LogP contribution in [0.4, 0.5) is 11.5 Å². The molecule has 1 amide bonds. The number of aromatic nitrogens is 1. The Morgan fingerprint density at radius 2 is 2.05 bits per heavy atom. The molecule has 5 heteroatoms. The molecule has 3 N–H and O–H groups in total. The van der Waals surface area contributed by atoms with E-state index in [4.69, 9.17) is 5.73 Å². The predicted molar refractivity (Wildman–Crippen MR) is 91.1 cm³/mol. The van der Waals surface area contributed by atoms with Gasteiger partial charge in [0.2, 0.25) is 0 Å². The molecule has 2 aromatic heterocycles. The van der Waals surface area contributed by atoms with Gasteiger partial charge in [-0.15, -0.1) is 11.3 Å². The van der Waals surface area contributed by atoms with E-state index in [1.54, 1.807) is 23.5 Å². The van der Waals surface area contributed by atoms with Gasteiger partial charge in [-0.3, -0.25) is 4.79 Å². The lowest BCUT2D eigenvalue weighted by Gasteiger charge is -2.08. The summed E-state index contributed by atoms with van der Waals surface area (Å²) in [6.07, 6.45) is 0. The number of nitrogens with zero attached hydrogens (tertiary/aromatic N) is 1. The molecule has 0 radical (unpaired) electrons. The van der Waals surface area contributed by atoms with E-state index in [0.29, 0.717) is 5.56 Å². The maximum Gasteiger partial charge on any atom is 0.259 e. The highest BCUT2D eigenvalue weighted by atomic mass is 32.1. The molecule has 110 valence electrons. The summed E-state index contributed by atoms with van der Waals surface area (Å²) < 4.78 is 0. The van der Waals surface area contributed by atoms with Crippen molar-refractivity contribution in [3.63, 3.8) is 0 Å². The van der Waals surface area contributed by atoms with Gasteiger partial charge in [0.15, 0.2) is 0 Å². The lowest BCUT2D eigenvalue weighted by Crippen LogP contribution is -2.15. The molecule has 0 saturated heterocycles. The summed E-state index contributed by atoms with van der Waals surface area (Å²) in [5, 5.41) is 4.89. The van der Waals surface area contributed by atoms with E-state index in [1.807, 2.05) is 48.7 Å². The second-order valence-corrected chi connectivity index (χ2v) is 5.85. The van der Waals surface area contributed by atoms with E-state index < -0.39 is 0 Å². The Morgan fingerprint density at radius 1 is 1.18 bits per heavy atom. The number of pyridine rings is 1. The number of anilines is 2. The molecule has 22 heavy (non-hydrogen) atoms. The van der Waals surface area contributed by atoms with E-state index in [-0.39, 0.29) is 11.7 Å². The number of thiophene rings is 1. The molecule has 0 fully saturated rings. The summed E-state index contributed by atoms with van der Waals surface area (Å²) in [6.45, 7) is 1.84. The largest absolute Gasteiger partial charge is 0.383 e. The van der Waals surface area contributed by atoms with E-state index in [1.165, 1.54) is 0 Å². The van der Waals surface area contributed by atoms with Crippen LogP contribution >= 0.6 is 11.3 Å². The van der Waals surface area contributed by atoms with Gasteiger partial charge in [-0.1, -0.05) is 18.2 Å². The molecule has 1 aromatic carbocycles. The van der Waals surface area contributed by atoms with Crippen molar-refractivity contribution < 1.29 is 4.79 Å². The average Bonchev–Trinajstić information content (AvgIpc) is 3.01. The van der Waals surface area contributed by atoms with Crippen LogP contribution in [0.15, 0.2) is 53.9 Å². The number of carbonyl (C=O) groups excluding carboxylic acids is 1. The standard InChI is InChI=1S/C17H15N3OS/c1-11-7-8-14(16(18)19-11)17(21)20-13-5-2-4-12(10-13)15-6-3-9-22-15/h2-10H,1H3,(H2,18,19)(H,20,21). The van der Waals surface area contributed by atoms with Gasteiger partial charge >= 0.3 is 0 Å². The molecule has 0 aliphatic heterocycles. The van der Waals surface area contributed by atoms with Crippen molar-refractivity contribution in [3.05, 3.63) is 65.2 Å². The molecule has 0 saturated carbocycles. The van der Waals surface area contributed by atoms with Crippen LogP contribution in [0.1, 0.15) is 16.1 Å². The highest BCUT2D eigenvalue weighted by molar-refractivity contribution is 7.13. The molecule has 0 spiro atoms. The van der Waals surface area contributed by atoms with Gasteiger partial charge in [-0.2, -0.15) is 0 Å². The fourth-order valence-electron chi connectivity index (χ4n) is 2.16. The summed E-state index contributed by atoms with van der Waals surface area (Å²) in [4.78, 5) is 17.6. The Morgan fingerprint density at radius 3 is 2.77 bits per heavy atom. The van der Waals surface area contributed by atoms with E-state index >= 15 is 0 Å². The minimum atomic E-state index is -0.256. The van der Waals surface area contributed by atoms with Gasteiger partial charge in [-0.25, -0.2) is 4.98 Å². The van der Waals surface area contributed by atoms with Gasteiger partial charge in [0.25, 0.3) is 5.91 Å². The summed E-state index contributed by atoms with van der Waals surface area (Å²) in [6, 6.07) is 15.2. The van der Waals surface area contributed by atoms with Crippen LogP contribution in [0.25, 0.3) is 10.4 Å². The second-order valence-electron chi connectivity index (χ2n) is 4.90. The van der Waals surface area contributed by atoms with Crippen molar-refractivity contribution in [2.45, 2.75) is 6.92 Å². The fourth-order valence-corrected chi connectivity index (χ4v) is 2.88. The van der Waals surface area contributed by atoms with Gasteiger partial charge in [0.1, 0.15) is 5.82 Å². The topological polar surface area (TPSA) is 68.0 Å². The van der Waals surface area contributed by atoms with Crippen molar-refractivity contribution in [2.24, 2.45) is 0 Å². The zero-order chi connectivity index (χ0) is 15.5. The number of nitrogens with one attached hydrogen (secondary N) is 1. The predicted octanol–water partition coefficient (Wildman–Crippen LogP) is 3.95. The van der Waals surface area contributed by atoms with Gasteiger partial charge in [-0.05, 0) is 48.2 Å². The molecule has 0 unspecified atom stereocenters. The summed E-state index contributed by atoms with van der Waals surface area (Å²) in [5.74, 6) is -0.0137. The Labute approximate surface area is 132 Å². The lowest BCUT2D eigenvalue weighted by molar-refractivity contribution is 0.102. The van der Waals surface area contributed by atoms with E-state index in [0.717, 1.165) is 21.8 Å². The average molecular weight is 309 g/mol. The first-order valence-corrected chi connectivity index (χ1v) is 7.70. The SMILES string of the molecule is Cc1ccc(C(=O)Nc2cccc(-c3cccs3)c2)c(N)n1. The first-order chi connectivity index (χ1) is 10.6. The highest BCUT2D eigenvalue weighted by Gasteiger charge is 2.11. The third kappa shape index (κ3) is 2.99. The Bertz CT molecular complexity index is 813. The van der Waals surface area contributed by atoms with Gasteiger partial charge < -0.3 is 11.1 Å². The monoisotopic (exact) mass is 309 g/mol. The Hall–Kier alpha value is -2.66. The molecule has 2 heterocycles. The molecule has 0 atom stereocenters. The molecule has 4 nitrogen and oxygen atoms in total. The number of hydrogen-bond acceptors (Lipinski definition) is 4. The molecule has 3 aromatic rings. The summed E-state index contributed by atoms with van der Waals surface area (Å²) >= 11 is 1.66. The maximum absolute atomic E-state index is 12.3. The number of nitrogen functional groups attached to an aromatic ring is 1. The van der Waals surface area contributed by atoms with Crippen LogP contribution in [0.3, 0.4) is 0 Å². The molecule has 3 rings (SSSR count). The van der Waals surface area contributed by atoms with Crippen LogP contribution in [-0.4, -0.2) is 10.9 Å². The number of benzene rings is 1. The van der Waals surface area contributed by atoms with Crippen molar-refractivity contribution in [2.75, 3.05) is 11.1 Å². The Kier molecular flexibility index (Phi) is 3.89. The quantitative estimate of drug-likeness (QED) is 0.769. The van der Waals surface area contributed by atoms with Gasteiger partial charge in [0, 0.05) is 16.3 Å². The molecule has 0 bridgehead atoms. The van der Waals surface area contributed by atoms with Crippen molar-refractivity contribution >= 4 is 28.7 Å².